The maximum absolute atomic E-state index is 11.1. The minimum Gasteiger partial charge on any atom is -0.330 e. The van der Waals surface area contributed by atoms with Crippen LogP contribution in [0.15, 0.2) is 11.6 Å². The number of nitrogens with two attached hydrogens (primary N) is 1. The molecule has 2 heteroatoms. The number of carbonyl (C=O) groups excluding carboxylic acids is 1. The van der Waals surface area contributed by atoms with Gasteiger partial charge >= 0.3 is 0 Å². The highest BCUT2D eigenvalue weighted by molar-refractivity contribution is 5.95. The Kier molecular flexibility index (Phi) is 2.63. The molecule has 0 radical (unpaired) electrons. The molecule has 0 saturated heterocycles. The third-order valence-corrected chi connectivity index (χ3v) is 1.77. The van der Waals surface area contributed by atoms with Crippen LogP contribution < -0.4 is 5.73 Å². The van der Waals surface area contributed by atoms with Gasteiger partial charge in [0.1, 0.15) is 0 Å². The van der Waals surface area contributed by atoms with E-state index in [2.05, 4.69) is 0 Å². The van der Waals surface area contributed by atoms with E-state index >= 15 is 0 Å². The SMILES string of the molecule is NCCC(=O)C1=CCCC1. The van der Waals surface area contributed by atoms with E-state index in [1.807, 2.05) is 6.08 Å². The molecule has 0 bridgehead atoms. The zero-order valence-electron chi connectivity index (χ0n) is 6.10. The second-order valence-electron chi connectivity index (χ2n) is 2.58. The van der Waals surface area contributed by atoms with Crippen molar-refractivity contribution in [3.63, 3.8) is 0 Å². The molecular formula is C8H13NO. The van der Waals surface area contributed by atoms with Gasteiger partial charge in [-0.2, -0.15) is 0 Å². The minimum absolute atomic E-state index is 0.250. The molecule has 0 aromatic heterocycles. The van der Waals surface area contributed by atoms with Gasteiger partial charge in [-0.05, 0) is 31.4 Å². The fourth-order valence-electron chi connectivity index (χ4n) is 1.22. The highest BCUT2D eigenvalue weighted by atomic mass is 16.1. The molecule has 1 aliphatic rings. The number of carbonyl (C=O) groups is 1. The number of hydrogen-bond acceptors (Lipinski definition) is 2. The Labute approximate surface area is 61.1 Å². The largest absolute Gasteiger partial charge is 0.330 e. The molecule has 0 fully saturated rings. The van der Waals surface area contributed by atoms with Crippen LogP contribution in [0.2, 0.25) is 0 Å². The Morgan fingerprint density at radius 1 is 1.70 bits per heavy atom. The van der Waals surface area contributed by atoms with E-state index in [0.29, 0.717) is 13.0 Å². The lowest BCUT2D eigenvalue weighted by molar-refractivity contribution is -0.115. The van der Waals surface area contributed by atoms with Crippen molar-refractivity contribution < 1.29 is 4.79 Å². The molecule has 0 unspecified atom stereocenters. The van der Waals surface area contributed by atoms with Gasteiger partial charge in [0, 0.05) is 6.42 Å². The van der Waals surface area contributed by atoms with Gasteiger partial charge in [0.25, 0.3) is 0 Å². The molecule has 0 spiro atoms. The molecule has 1 aliphatic carbocycles. The first-order valence-electron chi connectivity index (χ1n) is 3.77. The summed E-state index contributed by atoms with van der Waals surface area (Å²) in [5.41, 5.74) is 6.25. The molecule has 10 heavy (non-hydrogen) atoms. The first-order chi connectivity index (χ1) is 4.84. The summed E-state index contributed by atoms with van der Waals surface area (Å²) >= 11 is 0. The maximum atomic E-state index is 11.1. The van der Waals surface area contributed by atoms with Gasteiger partial charge in [0.15, 0.2) is 5.78 Å². The normalized spacial score (nSPS) is 17.1. The maximum Gasteiger partial charge on any atom is 0.159 e. The summed E-state index contributed by atoms with van der Waals surface area (Å²) in [7, 11) is 0. The summed E-state index contributed by atoms with van der Waals surface area (Å²) in [6.07, 6.45) is 5.75. The summed E-state index contributed by atoms with van der Waals surface area (Å²) in [4.78, 5) is 11.1. The van der Waals surface area contributed by atoms with Crippen molar-refractivity contribution in [2.45, 2.75) is 25.7 Å². The summed E-state index contributed by atoms with van der Waals surface area (Å²) in [5.74, 6) is 0.250. The fraction of sp³-hybridized carbons (Fsp3) is 0.625. The lowest BCUT2D eigenvalue weighted by Crippen LogP contribution is -2.08. The molecule has 0 saturated carbocycles. The number of allylic oxidation sites excluding steroid dienone is 2. The van der Waals surface area contributed by atoms with Crippen LogP contribution in [0.1, 0.15) is 25.7 Å². The van der Waals surface area contributed by atoms with Crippen LogP contribution in [-0.4, -0.2) is 12.3 Å². The second-order valence-corrected chi connectivity index (χ2v) is 2.58. The zero-order chi connectivity index (χ0) is 7.40. The van der Waals surface area contributed by atoms with E-state index in [0.717, 1.165) is 24.8 Å². The number of rotatable bonds is 3. The van der Waals surface area contributed by atoms with Crippen molar-refractivity contribution in [2.75, 3.05) is 6.54 Å². The lowest BCUT2D eigenvalue weighted by atomic mass is 10.1. The van der Waals surface area contributed by atoms with Crippen molar-refractivity contribution in [2.24, 2.45) is 5.73 Å². The highest BCUT2D eigenvalue weighted by Gasteiger charge is 2.11. The zero-order valence-corrected chi connectivity index (χ0v) is 6.10. The van der Waals surface area contributed by atoms with Gasteiger partial charge in [-0.15, -0.1) is 0 Å². The first kappa shape index (κ1) is 7.48. The molecule has 0 aliphatic heterocycles. The topological polar surface area (TPSA) is 43.1 Å². The standard InChI is InChI=1S/C8H13NO/c9-6-5-8(10)7-3-1-2-4-7/h3H,1-2,4-6,9H2. The average Bonchev–Trinajstić information content (AvgIpc) is 2.38. The van der Waals surface area contributed by atoms with Crippen molar-refractivity contribution in [1.82, 2.24) is 0 Å². The Hall–Kier alpha value is -0.630. The van der Waals surface area contributed by atoms with Gasteiger partial charge in [-0.1, -0.05) is 6.08 Å². The molecule has 0 atom stereocenters. The predicted octanol–water partition coefficient (Wildman–Crippen LogP) is 1.01. The van der Waals surface area contributed by atoms with Crippen LogP contribution in [0.25, 0.3) is 0 Å². The quantitative estimate of drug-likeness (QED) is 0.634. The van der Waals surface area contributed by atoms with Gasteiger partial charge in [0.05, 0.1) is 0 Å². The molecular weight excluding hydrogens is 126 g/mol. The number of Topliss-reactive ketones (excluding diaryl/α,β-unsaturated/α-hetero) is 1. The number of ketones is 1. The van der Waals surface area contributed by atoms with E-state index in [4.69, 9.17) is 5.73 Å². The summed E-state index contributed by atoms with van der Waals surface area (Å²) in [6, 6.07) is 0. The summed E-state index contributed by atoms with van der Waals surface area (Å²) in [6.45, 7) is 0.482. The van der Waals surface area contributed by atoms with Crippen LogP contribution in [-0.2, 0) is 4.79 Å². The summed E-state index contributed by atoms with van der Waals surface area (Å²) in [5, 5.41) is 0. The van der Waals surface area contributed by atoms with E-state index in [-0.39, 0.29) is 5.78 Å². The monoisotopic (exact) mass is 139 g/mol. The van der Waals surface area contributed by atoms with Crippen LogP contribution in [0, 0.1) is 0 Å². The third kappa shape index (κ3) is 1.67. The van der Waals surface area contributed by atoms with Gasteiger partial charge in [-0.3, -0.25) is 4.79 Å². The minimum atomic E-state index is 0.250. The molecule has 0 aromatic carbocycles. The fourth-order valence-corrected chi connectivity index (χ4v) is 1.22. The van der Waals surface area contributed by atoms with Crippen LogP contribution in [0.5, 0.6) is 0 Å². The van der Waals surface area contributed by atoms with Gasteiger partial charge in [-0.25, -0.2) is 0 Å². The Morgan fingerprint density at radius 2 is 2.50 bits per heavy atom. The molecule has 2 nitrogen and oxygen atoms in total. The van der Waals surface area contributed by atoms with Crippen molar-refractivity contribution in [3.8, 4) is 0 Å². The van der Waals surface area contributed by atoms with Crippen LogP contribution in [0.3, 0.4) is 0 Å². The molecule has 1 rings (SSSR count). The van der Waals surface area contributed by atoms with Crippen molar-refractivity contribution in [1.29, 1.82) is 0 Å². The van der Waals surface area contributed by atoms with Crippen LogP contribution in [0.4, 0.5) is 0 Å². The van der Waals surface area contributed by atoms with Crippen molar-refractivity contribution >= 4 is 5.78 Å². The molecule has 0 heterocycles. The van der Waals surface area contributed by atoms with E-state index in [1.54, 1.807) is 0 Å². The Bertz CT molecular complexity index is 161. The predicted molar refractivity (Wildman–Crippen MR) is 40.6 cm³/mol. The molecule has 2 N–H and O–H groups in total. The van der Waals surface area contributed by atoms with E-state index in [1.165, 1.54) is 0 Å². The lowest BCUT2D eigenvalue weighted by Gasteiger charge is -1.96. The van der Waals surface area contributed by atoms with Crippen LogP contribution >= 0.6 is 0 Å². The van der Waals surface area contributed by atoms with Gasteiger partial charge in [0.2, 0.25) is 0 Å². The Balaban J connectivity index is 2.40. The molecule has 56 valence electrons. The van der Waals surface area contributed by atoms with Gasteiger partial charge < -0.3 is 5.73 Å². The smallest absolute Gasteiger partial charge is 0.159 e. The third-order valence-electron chi connectivity index (χ3n) is 1.77. The Morgan fingerprint density at radius 3 is 3.00 bits per heavy atom. The first-order valence-corrected chi connectivity index (χ1v) is 3.77. The van der Waals surface area contributed by atoms with Crippen molar-refractivity contribution in [3.05, 3.63) is 11.6 Å². The van der Waals surface area contributed by atoms with E-state index in [9.17, 15) is 4.79 Å². The summed E-state index contributed by atoms with van der Waals surface area (Å²) < 4.78 is 0. The number of hydrogen-bond donors (Lipinski definition) is 1. The second kappa shape index (κ2) is 3.52. The molecule has 0 aromatic rings. The molecule has 0 amide bonds. The average molecular weight is 139 g/mol. The highest BCUT2D eigenvalue weighted by Crippen LogP contribution is 2.18. The van der Waals surface area contributed by atoms with E-state index < -0.39 is 0 Å².